The van der Waals surface area contributed by atoms with Crippen molar-refractivity contribution in [1.29, 1.82) is 0 Å². The molecule has 1 fully saturated rings. The van der Waals surface area contributed by atoms with E-state index in [2.05, 4.69) is 38.1 Å². The summed E-state index contributed by atoms with van der Waals surface area (Å²) in [6, 6.07) is 9.00. The van der Waals surface area contributed by atoms with E-state index in [0.29, 0.717) is 5.92 Å². The molecule has 0 nitrogen and oxygen atoms in total. The molecule has 1 aromatic carbocycles. The number of hydrogen-bond donors (Lipinski definition) is 0. The van der Waals surface area contributed by atoms with E-state index in [9.17, 15) is 0 Å². The minimum atomic E-state index is 0.203. The number of benzene rings is 1. The molecule has 0 aromatic heterocycles. The Kier molecular flexibility index (Phi) is 5.76. The molecule has 2 rings (SSSR count). The monoisotopic (exact) mass is 278 g/mol. The van der Waals surface area contributed by atoms with Crippen LogP contribution in [0.25, 0.3) is 0 Å². The third-order valence-corrected chi connectivity index (χ3v) is 5.17. The van der Waals surface area contributed by atoms with Gasteiger partial charge < -0.3 is 0 Å². The normalized spacial score (nSPS) is 20.2. The minimum absolute atomic E-state index is 0.203. The average Bonchev–Trinajstić information content (AvgIpc) is 2.47. The van der Waals surface area contributed by atoms with Gasteiger partial charge in [0.1, 0.15) is 0 Å². The van der Waals surface area contributed by atoms with E-state index in [0.717, 1.165) is 12.3 Å². The topological polar surface area (TPSA) is 0 Å². The van der Waals surface area contributed by atoms with Gasteiger partial charge in [0.2, 0.25) is 0 Å². The Morgan fingerprint density at radius 2 is 1.63 bits per heavy atom. The molecule has 0 saturated heterocycles. The predicted molar refractivity (Wildman–Crippen MR) is 84.9 cm³/mol. The Labute approximate surface area is 123 Å². The van der Waals surface area contributed by atoms with E-state index in [-0.39, 0.29) is 5.38 Å². The van der Waals surface area contributed by atoms with Gasteiger partial charge in [-0.1, -0.05) is 70.2 Å². The van der Waals surface area contributed by atoms with Gasteiger partial charge in [0.05, 0.1) is 5.38 Å². The summed E-state index contributed by atoms with van der Waals surface area (Å²) >= 11 is 6.61. The van der Waals surface area contributed by atoms with Gasteiger partial charge in [0.25, 0.3) is 0 Å². The smallest absolute Gasteiger partial charge is 0.0587 e. The van der Waals surface area contributed by atoms with Gasteiger partial charge in [-0.25, -0.2) is 0 Å². The van der Waals surface area contributed by atoms with Crippen LogP contribution in [0.5, 0.6) is 0 Å². The summed E-state index contributed by atoms with van der Waals surface area (Å²) in [5.74, 6) is 1.51. The zero-order valence-electron chi connectivity index (χ0n) is 12.4. The first kappa shape index (κ1) is 14.9. The Bertz CT molecular complexity index is 362. The minimum Gasteiger partial charge on any atom is -0.118 e. The van der Waals surface area contributed by atoms with Crippen molar-refractivity contribution in [2.75, 3.05) is 0 Å². The summed E-state index contributed by atoms with van der Waals surface area (Å²) in [6.45, 7) is 4.53. The Hall–Kier alpha value is -0.490. The molecule has 1 aliphatic carbocycles. The molecular weight excluding hydrogens is 252 g/mol. The molecule has 0 radical (unpaired) electrons. The Morgan fingerprint density at radius 3 is 2.21 bits per heavy atom. The van der Waals surface area contributed by atoms with Crippen molar-refractivity contribution in [3.05, 3.63) is 35.4 Å². The lowest BCUT2D eigenvalue weighted by Gasteiger charge is -2.24. The van der Waals surface area contributed by atoms with E-state index < -0.39 is 0 Å². The van der Waals surface area contributed by atoms with Crippen molar-refractivity contribution in [2.45, 2.75) is 70.1 Å². The van der Waals surface area contributed by atoms with Gasteiger partial charge in [-0.3, -0.25) is 0 Å². The molecule has 0 amide bonds. The predicted octanol–water partition coefficient (Wildman–Crippen LogP) is 6.45. The third-order valence-electron chi connectivity index (χ3n) is 4.74. The van der Waals surface area contributed by atoms with Crippen molar-refractivity contribution >= 4 is 11.6 Å². The van der Waals surface area contributed by atoms with Crippen molar-refractivity contribution in [1.82, 2.24) is 0 Å². The number of alkyl halides is 1. The lowest BCUT2D eigenvalue weighted by Crippen LogP contribution is -2.08. The number of rotatable bonds is 5. The van der Waals surface area contributed by atoms with Crippen LogP contribution in [0.3, 0.4) is 0 Å². The molecule has 19 heavy (non-hydrogen) atoms. The highest BCUT2D eigenvalue weighted by Gasteiger charge is 2.18. The highest BCUT2D eigenvalue weighted by molar-refractivity contribution is 6.20. The second-order valence-corrected chi connectivity index (χ2v) is 6.71. The van der Waals surface area contributed by atoms with Crippen molar-refractivity contribution in [3.63, 3.8) is 0 Å². The molecule has 0 aliphatic heterocycles. The summed E-state index contributed by atoms with van der Waals surface area (Å²) in [7, 11) is 0. The molecule has 1 aliphatic rings. The van der Waals surface area contributed by atoms with E-state index in [1.54, 1.807) is 0 Å². The van der Waals surface area contributed by atoms with Crippen LogP contribution in [0.4, 0.5) is 0 Å². The largest absolute Gasteiger partial charge is 0.118 e. The molecule has 106 valence electrons. The van der Waals surface area contributed by atoms with Gasteiger partial charge in [-0.05, 0) is 35.8 Å². The van der Waals surface area contributed by atoms with E-state index in [1.807, 2.05) is 0 Å². The zero-order chi connectivity index (χ0) is 13.7. The molecule has 2 unspecified atom stereocenters. The fraction of sp³-hybridized carbons (Fsp3) is 0.667. The van der Waals surface area contributed by atoms with Gasteiger partial charge >= 0.3 is 0 Å². The van der Waals surface area contributed by atoms with Gasteiger partial charge in [-0.2, -0.15) is 0 Å². The quantitative estimate of drug-likeness (QED) is 0.543. The fourth-order valence-electron chi connectivity index (χ4n) is 3.12. The third kappa shape index (κ3) is 4.24. The maximum atomic E-state index is 6.61. The summed E-state index contributed by atoms with van der Waals surface area (Å²) in [4.78, 5) is 0. The van der Waals surface area contributed by atoms with E-state index >= 15 is 0 Å². The second kappa shape index (κ2) is 7.33. The lowest BCUT2D eigenvalue weighted by atomic mass is 9.85. The summed E-state index contributed by atoms with van der Waals surface area (Å²) < 4.78 is 0. The summed E-state index contributed by atoms with van der Waals surface area (Å²) in [5.41, 5.74) is 2.74. The first-order valence-corrected chi connectivity index (χ1v) is 8.38. The number of hydrogen-bond acceptors (Lipinski definition) is 0. The highest BCUT2D eigenvalue weighted by Crippen LogP contribution is 2.35. The molecule has 1 aromatic rings. The van der Waals surface area contributed by atoms with Crippen LogP contribution >= 0.6 is 11.6 Å². The van der Waals surface area contributed by atoms with Crippen LogP contribution in [-0.4, -0.2) is 0 Å². The van der Waals surface area contributed by atoms with Crippen molar-refractivity contribution in [3.8, 4) is 0 Å². The second-order valence-electron chi connectivity index (χ2n) is 6.18. The Morgan fingerprint density at radius 1 is 1.05 bits per heavy atom. The maximum absolute atomic E-state index is 6.61. The van der Waals surface area contributed by atoms with Crippen LogP contribution in [0.2, 0.25) is 0 Å². The zero-order valence-corrected chi connectivity index (χ0v) is 13.1. The molecule has 1 heteroatoms. The number of halogens is 1. The van der Waals surface area contributed by atoms with Crippen LogP contribution in [0.1, 0.15) is 81.2 Å². The lowest BCUT2D eigenvalue weighted by molar-refractivity contribution is 0.336. The summed E-state index contributed by atoms with van der Waals surface area (Å²) in [5, 5.41) is 0.203. The maximum Gasteiger partial charge on any atom is 0.0587 e. The Balaban J connectivity index is 1.93. The average molecular weight is 279 g/mol. The SMILES string of the molecule is CCC(C)c1ccc(C(Cl)CC2CCCCC2)cc1. The van der Waals surface area contributed by atoms with Crippen LogP contribution in [0.15, 0.2) is 24.3 Å². The van der Waals surface area contributed by atoms with Crippen LogP contribution < -0.4 is 0 Å². The van der Waals surface area contributed by atoms with Crippen molar-refractivity contribution < 1.29 is 0 Å². The molecule has 0 heterocycles. The fourth-order valence-corrected chi connectivity index (χ4v) is 3.52. The van der Waals surface area contributed by atoms with Gasteiger partial charge in [0.15, 0.2) is 0 Å². The van der Waals surface area contributed by atoms with Crippen LogP contribution in [-0.2, 0) is 0 Å². The first-order chi connectivity index (χ1) is 9.20. The molecule has 2 atom stereocenters. The molecule has 1 saturated carbocycles. The highest BCUT2D eigenvalue weighted by atomic mass is 35.5. The van der Waals surface area contributed by atoms with Crippen LogP contribution in [0, 0.1) is 5.92 Å². The van der Waals surface area contributed by atoms with Gasteiger partial charge in [-0.15, -0.1) is 11.6 Å². The molecule has 0 N–H and O–H groups in total. The van der Waals surface area contributed by atoms with E-state index in [1.165, 1.54) is 49.7 Å². The molecular formula is C18H27Cl. The molecule has 0 bridgehead atoms. The van der Waals surface area contributed by atoms with Gasteiger partial charge in [0, 0.05) is 0 Å². The molecule has 0 spiro atoms. The summed E-state index contributed by atoms with van der Waals surface area (Å²) in [6.07, 6.45) is 9.35. The first-order valence-electron chi connectivity index (χ1n) is 7.94. The standard InChI is InChI=1S/C18H27Cl/c1-3-14(2)16-9-11-17(12-10-16)18(19)13-15-7-5-4-6-8-15/h9-12,14-15,18H,3-8,13H2,1-2H3. The van der Waals surface area contributed by atoms with Crippen molar-refractivity contribution in [2.24, 2.45) is 5.92 Å². The van der Waals surface area contributed by atoms with E-state index in [4.69, 9.17) is 11.6 Å².